The Bertz CT molecular complexity index is 820. The van der Waals surface area contributed by atoms with E-state index in [4.69, 9.17) is 0 Å². The van der Waals surface area contributed by atoms with Crippen LogP contribution in [0.3, 0.4) is 0 Å². The Morgan fingerprint density at radius 2 is 0.872 bits per heavy atom. The zero-order valence-electron chi connectivity index (χ0n) is 29.6. The summed E-state index contributed by atoms with van der Waals surface area (Å²) < 4.78 is 0. The zero-order valence-corrected chi connectivity index (χ0v) is 31.8. The third-order valence-corrected chi connectivity index (χ3v) is 7.16. The molecular formula is C34H62CaN4O8. The maximum atomic E-state index is 11.1. The van der Waals surface area contributed by atoms with E-state index in [9.17, 15) is 40.2 Å². The molecule has 0 saturated carbocycles. The van der Waals surface area contributed by atoms with Gasteiger partial charge in [-0.2, -0.15) is 0 Å². The van der Waals surface area contributed by atoms with E-state index in [1.54, 1.807) is 23.6 Å². The zero-order chi connectivity index (χ0) is 35.3. The van der Waals surface area contributed by atoms with Crippen LogP contribution in [-0.4, -0.2) is 169 Å². The molecule has 0 aliphatic carbocycles. The molecule has 0 amide bonds. The van der Waals surface area contributed by atoms with E-state index >= 15 is 0 Å². The monoisotopic (exact) mass is 694 g/mol. The first-order valence-electron chi connectivity index (χ1n) is 16.3. The summed E-state index contributed by atoms with van der Waals surface area (Å²) in [6.45, 7) is 14.0. The van der Waals surface area contributed by atoms with Gasteiger partial charge in [-0.25, -0.2) is 0 Å². The van der Waals surface area contributed by atoms with Gasteiger partial charge in [-0.3, -0.25) is 9.80 Å². The van der Waals surface area contributed by atoms with Crippen LogP contribution in [0.1, 0.15) is 67.2 Å². The average molecular weight is 695 g/mol. The first kappa shape index (κ1) is 50.2. The minimum absolute atomic E-state index is 0. The molecule has 0 spiro atoms. The van der Waals surface area contributed by atoms with Crippen LogP contribution >= 0.6 is 0 Å². The number of aliphatic carboxylic acids is 2. The van der Waals surface area contributed by atoms with Gasteiger partial charge < -0.3 is 50.9 Å². The van der Waals surface area contributed by atoms with Crippen molar-refractivity contribution in [3.8, 4) is 0 Å². The van der Waals surface area contributed by atoms with Crippen LogP contribution in [0, 0.1) is 0 Å². The molecule has 12 nitrogen and oxygen atoms in total. The Morgan fingerprint density at radius 1 is 0.596 bits per heavy atom. The van der Waals surface area contributed by atoms with Crippen LogP contribution < -0.4 is 20.8 Å². The van der Waals surface area contributed by atoms with Crippen LogP contribution in [0.15, 0.2) is 48.6 Å². The molecule has 13 heteroatoms. The fraction of sp³-hybridized carbons (Fsp3) is 0.706. The molecule has 0 aliphatic heterocycles. The number of nitrogens with one attached hydrogen (secondary N) is 2. The molecule has 6 N–H and O–H groups in total. The molecule has 6 unspecified atom stereocenters. The Labute approximate surface area is 313 Å². The molecule has 0 saturated heterocycles. The van der Waals surface area contributed by atoms with Crippen molar-refractivity contribution in [3.63, 3.8) is 0 Å². The van der Waals surface area contributed by atoms with E-state index in [-0.39, 0.29) is 50.8 Å². The Kier molecular flexibility index (Phi) is 35.6. The van der Waals surface area contributed by atoms with E-state index in [2.05, 4.69) is 10.6 Å². The van der Waals surface area contributed by atoms with Crippen molar-refractivity contribution >= 4 is 49.7 Å². The number of nitrogens with zero attached hydrogens (tertiary/aromatic N) is 2. The topological polar surface area (TPSA) is 192 Å². The fourth-order valence-electron chi connectivity index (χ4n) is 4.20. The maximum Gasteiger partial charge on any atom is 2.00 e. The standard InChI is InChI=1S/2C17H32N2O4.Ca/c2*1-4-6-8-15(20)12-18-10-11-19(14(3)17(22)23)13-16(21)9-7-5-2;/h2*4-7,14-16,18,20-21H,8-13H2,1-3H3,(H,22,23);/q;;+2/p-2/b2*6-4+,7-5+;. The maximum absolute atomic E-state index is 11.1. The van der Waals surface area contributed by atoms with Crippen molar-refractivity contribution in [2.45, 2.75) is 104 Å². The quantitative estimate of drug-likeness (QED) is 0.0367. The van der Waals surface area contributed by atoms with Gasteiger partial charge in [0.15, 0.2) is 0 Å². The molecule has 0 heterocycles. The largest absolute Gasteiger partial charge is 2.00 e. The molecule has 0 aromatic heterocycles. The number of aliphatic hydroxyl groups excluding tert-OH is 4. The molecule has 268 valence electrons. The minimum atomic E-state index is -1.16. The van der Waals surface area contributed by atoms with Crippen LogP contribution in [0.25, 0.3) is 0 Å². The van der Waals surface area contributed by atoms with Gasteiger partial charge in [-0.15, -0.1) is 0 Å². The van der Waals surface area contributed by atoms with E-state index < -0.39 is 48.4 Å². The summed E-state index contributed by atoms with van der Waals surface area (Å²) in [6, 6.07) is -1.55. The van der Waals surface area contributed by atoms with Crippen molar-refractivity contribution in [1.82, 2.24) is 20.4 Å². The van der Waals surface area contributed by atoms with Gasteiger partial charge in [0.1, 0.15) is 0 Å². The predicted molar refractivity (Wildman–Crippen MR) is 185 cm³/mol. The van der Waals surface area contributed by atoms with Crippen molar-refractivity contribution in [1.29, 1.82) is 0 Å². The van der Waals surface area contributed by atoms with Gasteiger partial charge in [0.25, 0.3) is 0 Å². The molecule has 0 fully saturated rings. The van der Waals surface area contributed by atoms with Gasteiger partial charge in [0, 0.05) is 64.4 Å². The molecule has 0 rings (SSSR count). The number of aliphatic hydroxyl groups is 4. The molecule has 0 aliphatic rings. The van der Waals surface area contributed by atoms with E-state index in [1.807, 2.05) is 76.3 Å². The SMILES string of the molecule is C/C=C/CC(O)CNCCN(CC(O)C/C=C/C)C(C)C(=O)[O-].C/C=C/CC(O)CNCCN(CC(O)C/C=C/C)C(C)C(=O)[O-].[Ca+2]. The number of carbonyl (C=O) groups excluding carboxylic acids is 2. The van der Waals surface area contributed by atoms with Crippen molar-refractivity contribution in [2.24, 2.45) is 0 Å². The molecule has 47 heavy (non-hydrogen) atoms. The van der Waals surface area contributed by atoms with Crippen molar-refractivity contribution in [2.75, 3.05) is 52.4 Å². The Hall–Kier alpha value is -1.16. The fourth-order valence-corrected chi connectivity index (χ4v) is 4.20. The number of allylic oxidation sites excluding steroid dienone is 4. The summed E-state index contributed by atoms with van der Waals surface area (Å²) in [5, 5.41) is 67.7. The predicted octanol–water partition coefficient (Wildman–Crippen LogP) is -1.04. The van der Waals surface area contributed by atoms with Gasteiger partial charge in [0.05, 0.1) is 36.4 Å². The second-order valence-electron chi connectivity index (χ2n) is 11.2. The first-order chi connectivity index (χ1) is 21.8. The van der Waals surface area contributed by atoms with Crippen LogP contribution in [0.2, 0.25) is 0 Å². The summed E-state index contributed by atoms with van der Waals surface area (Å²) in [5.41, 5.74) is 0. The smallest absolute Gasteiger partial charge is 0.548 e. The van der Waals surface area contributed by atoms with Gasteiger partial charge in [-0.05, 0) is 67.2 Å². The third kappa shape index (κ3) is 29.5. The molecular weight excluding hydrogens is 632 g/mol. The minimum Gasteiger partial charge on any atom is -0.548 e. The number of rotatable bonds is 26. The first-order valence-corrected chi connectivity index (χ1v) is 16.3. The van der Waals surface area contributed by atoms with E-state index in [0.29, 0.717) is 65.0 Å². The van der Waals surface area contributed by atoms with E-state index in [1.165, 1.54) is 0 Å². The Balaban J connectivity index is -0.000000807. The number of carboxylic acids is 2. The van der Waals surface area contributed by atoms with Crippen LogP contribution in [-0.2, 0) is 9.59 Å². The molecule has 0 aromatic carbocycles. The number of carbonyl (C=O) groups is 2. The Morgan fingerprint density at radius 3 is 1.13 bits per heavy atom. The van der Waals surface area contributed by atoms with Crippen LogP contribution in [0.4, 0.5) is 0 Å². The van der Waals surface area contributed by atoms with E-state index in [0.717, 1.165) is 0 Å². The summed E-state index contributed by atoms with van der Waals surface area (Å²) in [4.78, 5) is 25.5. The second-order valence-corrected chi connectivity index (χ2v) is 11.2. The average Bonchev–Trinajstić information content (AvgIpc) is 3.02. The molecule has 0 bridgehead atoms. The number of carboxylic acid groups (broad SMARTS) is 2. The molecule has 0 radical (unpaired) electrons. The number of hydrogen-bond donors (Lipinski definition) is 6. The van der Waals surface area contributed by atoms with Crippen LogP contribution in [0.5, 0.6) is 0 Å². The van der Waals surface area contributed by atoms with Crippen molar-refractivity contribution < 1.29 is 40.2 Å². The second kappa shape index (κ2) is 33.3. The molecule has 0 aromatic rings. The van der Waals surface area contributed by atoms with Gasteiger partial charge >= 0.3 is 37.7 Å². The van der Waals surface area contributed by atoms with Crippen molar-refractivity contribution in [3.05, 3.63) is 48.6 Å². The summed E-state index contributed by atoms with van der Waals surface area (Å²) in [5.74, 6) is -2.31. The summed E-state index contributed by atoms with van der Waals surface area (Å²) in [7, 11) is 0. The number of hydrogen-bond acceptors (Lipinski definition) is 12. The summed E-state index contributed by atoms with van der Waals surface area (Å²) >= 11 is 0. The summed E-state index contributed by atoms with van der Waals surface area (Å²) in [6.07, 6.45) is 15.0. The third-order valence-electron chi connectivity index (χ3n) is 7.16. The van der Waals surface area contributed by atoms with Gasteiger partial charge in [-0.1, -0.05) is 48.6 Å². The molecule has 6 atom stereocenters. The normalized spacial score (nSPS) is 15.9. The van der Waals surface area contributed by atoms with Gasteiger partial charge in [0.2, 0.25) is 0 Å².